The molecule has 0 atom stereocenters. The Balaban J connectivity index is 1.83. The van der Waals surface area contributed by atoms with E-state index in [1.165, 1.54) is 11.3 Å². The number of ether oxygens (including phenoxy) is 1. The van der Waals surface area contributed by atoms with Gasteiger partial charge in [-0.3, -0.25) is 10.1 Å². The Morgan fingerprint density at radius 3 is 2.91 bits per heavy atom. The predicted molar refractivity (Wildman–Crippen MR) is 88.9 cm³/mol. The second-order valence-electron chi connectivity index (χ2n) is 4.88. The number of nitrogens with one attached hydrogen (secondary N) is 1. The van der Waals surface area contributed by atoms with E-state index in [2.05, 4.69) is 10.3 Å². The van der Waals surface area contributed by atoms with Gasteiger partial charge in [0.25, 0.3) is 5.91 Å². The fourth-order valence-electron chi connectivity index (χ4n) is 2.32. The number of nitrogens with zero attached hydrogens (tertiary/aromatic N) is 2. The lowest BCUT2D eigenvalue weighted by molar-refractivity contribution is 0.0520. The minimum Gasteiger partial charge on any atom is -0.461 e. The minimum absolute atomic E-state index is 0.199. The summed E-state index contributed by atoms with van der Waals surface area (Å²) in [5.41, 5.74) is 1.74. The first-order chi connectivity index (χ1) is 11.1. The van der Waals surface area contributed by atoms with Gasteiger partial charge in [0.15, 0.2) is 10.8 Å². The van der Waals surface area contributed by atoms with E-state index in [9.17, 15) is 9.59 Å². The summed E-state index contributed by atoms with van der Waals surface area (Å²) in [5.74, 6) is -0.749. The van der Waals surface area contributed by atoms with E-state index in [1.807, 2.05) is 35.9 Å². The molecule has 3 rings (SSSR count). The first-order valence-corrected chi connectivity index (χ1v) is 7.96. The summed E-state index contributed by atoms with van der Waals surface area (Å²) < 4.78 is 6.78. The number of fused-ring (bicyclic) bond motifs is 1. The second-order valence-corrected chi connectivity index (χ2v) is 5.74. The molecule has 0 saturated heterocycles. The molecule has 1 aromatic carbocycles. The summed E-state index contributed by atoms with van der Waals surface area (Å²) in [6.07, 6.45) is 1.78. The average Bonchev–Trinajstić information content (AvgIpc) is 3.13. The molecule has 0 aliphatic carbocycles. The van der Waals surface area contributed by atoms with Crippen molar-refractivity contribution in [3.05, 3.63) is 47.1 Å². The second kappa shape index (κ2) is 6.21. The van der Waals surface area contributed by atoms with Crippen molar-refractivity contribution in [2.24, 2.45) is 7.05 Å². The highest BCUT2D eigenvalue weighted by Crippen LogP contribution is 2.22. The molecule has 7 heteroatoms. The number of amides is 1. The van der Waals surface area contributed by atoms with Crippen molar-refractivity contribution in [2.45, 2.75) is 6.92 Å². The number of rotatable bonds is 4. The maximum Gasteiger partial charge on any atom is 0.357 e. The Morgan fingerprint density at radius 1 is 1.35 bits per heavy atom. The van der Waals surface area contributed by atoms with Crippen LogP contribution in [-0.2, 0) is 11.8 Å². The number of aromatic nitrogens is 2. The van der Waals surface area contributed by atoms with Crippen LogP contribution in [0.15, 0.2) is 35.8 Å². The van der Waals surface area contributed by atoms with Gasteiger partial charge in [0.05, 0.1) is 12.2 Å². The third-order valence-electron chi connectivity index (χ3n) is 3.35. The normalized spacial score (nSPS) is 10.7. The molecule has 0 aliphatic rings. The fourth-order valence-corrected chi connectivity index (χ4v) is 2.99. The highest BCUT2D eigenvalue weighted by atomic mass is 32.1. The van der Waals surface area contributed by atoms with Gasteiger partial charge in [-0.05, 0) is 13.0 Å². The van der Waals surface area contributed by atoms with E-state index in [4.69, 9.17) is 4.74 Å². The zero-order valence-electron chi connectivity index (χ0n) is 12.7. The molecule has 2 heterocycles. The summed E-state index contributed by atoms with van der Waals surface area (Å²) in [6, 6.07) is 7.67. The maximum absolute atomic E-state index is 12.5. The van der Waals surface area contributed by atoms with Crippen LogP contribution in [-0.4, -0.2) is 28.0 Å². The van der Waals surface area contributed by atoms with Crippen molar-refractivity contribution >= 4 is 39.2 Å². The Kier molecular flexibility index (Phi) is 4.12. The molecule has 0 aliphatic heterocycles. The van der Waals surface area contributed by atoms with Gasteiger partial charge < -0.3 is 9.30 Å². The quantitative estimate of drug-likeness (QED) is 0.747. The highest BCUT2D eigenvalue weighted by Gasteiger charge is 2.17. The van der Waals surface area contributed by atoms with Gasteiger partial charge in [-0.1, -0.05) is 18.2 Å². The van der Waals surface area contributed by atoms with E-state index in [0.29, 0.717) is 10.7 Å². The van der Waals surface area contributed by atoms with E-state index in [0.717, 1.165) is 10.9 Å². The predicted octanol–water partition coefficient (Wildman–Crippen LogP) is 3.06. The molecule has 1 N–H and O–H groups in total. The lowest BCUT2D eigenvalue weighted by atomic mass is 10.1. The zero-order valence-corrected chi connectivity index (χ0v) is 13.5. The first kappa shape index (κ1) is 15.2. The molecule has 0 bridgehead atoms. The molecule has 0 unspecified atom stereocenters. The van der Waals surface area contributed by atoms with E-state index >= 15 is 0 Å². The largest absolute Gasteiger partial charge is 0.461 e. The lowest BCUT2D eigenvalue weighted by Gasteiger charge is -2.00. The molecule has 0 radical (unpaired) electrons. The molecule has 0 saturated carbocycles. The van der Waals surface area contributed by atoms with Crippen molar-refractivity contribution in [3.63, 3.8) is 0 Å². The molecule has 1 amide bonds. The third-order valence-corrected chi connectivity index (χ3v) is 4.11. The van der Waals surface area contributed by atoms with Crippen molar-refractivity contribution in [3.8, 4) is 0 Å². The van der Waals surface area contributed by atoms with Crippen molar-refractivity contribution < 1.29 is 14.3 Å². The number of para-hydroxylation sites is 1. The lowest BCUT2D eigenvalue weighted by Crippen LogP contribution is -2.12. The van der Waals surface area contributed by atoms with Gasteiger partial charge in [-0.2, -0.15) is 0 Å². The van der Waals surface area contributed by atoms with Crippen molar-refractivity contribution in [1.82, 2.24) is 9.55 Å². The van der Waals surface area contributed by atoms with Crippen LogP contribution in [0.5, 0.6) is 0 Å². The monoisotopic (exact) mass is 329 g/mol. The fraction of sp³-hybridized carbons (Fsp3) is 0.188. The number of thiazole rings is 1. The molecular formula is C16H15N3O3S. The SMILES string of the molecule is CCOC(=O)c1csc(NC(=O)c2cn(C)c3ccccc23)n1. The van der Waals surface area contributed by atoms with Gasteiger partial charge in [0.1, 0.15) is 0 Å². The number of hydrogen-bond acceptors (Lipinski definition) is 5. The van der Waals surface area contributed by atoms with E-state index < -0.39 is 5.97 Å². The van der Waals surface area contributed by atoms with Crippen LogP contribution >= 0.6 is 11.3 Å². The van der Waals surface area contributed by atoms with Gasteiger partial charge >= 0.3 is 5.97 Å². The Hall–Kier alpha value is -2.67. The molecule has 2 aromatic heterocycles. The average molecular weight is 329 g/mol. The van der Waals surface area contributed by atoms with Gasteiger partial charge in [-0.15, -0.1) is 11.3 Å². The number of hydrogen-bond donors (Lipinski definition) is 1. The topological polar surface area (TPSA) is 73.2 Å². The minimum atomic E-state index is -0.491. The van der Waals surface area contributed by atoms with E-state index in [-0.39, 0.29) is 18.2 Å². The summed E-state index contributed by atoms with van der Waals surface area (Å²) in [7, 11) is 1.89. The Labute approximate surface area is 136 Å². The van der Waals surface area contributed by atoms with E-state index in [1.54, 1.807) is 18.5 Å². The summed E-state index contributed by atoms with van der Waals surface area (Å²) >= 11 is 1.19. The van der Waals surface area contributed by atoms with Crippen LogP contribution in [0.4, 0.5) is 5.13 Å². The van der Waals surface area contributed by atoms with Crippen LogP contribution < -0.4 is 5.32 Å². The highest BCUT2D eigenvalue weighted by molar-refractivity contribution is 7.14. The maximum atomic E-state index is 12.5. The Morgan fingerprint density at radius 2 is 2.13 bits per heavy atom. The molecule has 118 valence electrons. The molecule has 0 spiro atoms. The number of carbonyl (C=O) groups is 2. The van der Waals surface area contributed by atoms with Crippen LogP contribution in [0.1, 0.15) is 27.8 Å². The number of esters is 1. The summed E-state index contributed by atoms with van der Waals surface area (Å²) in [4.78, 5) is 28.2. The molecule has 23 heavy (non-hydrogen) atoms. The van der Waals surface area contributed by atoms with Crippen molar-refractivity contribution in [2.75, 3.05) is 11.9 Å². The molecule has 6 nitrogen and oxygen atoms in total. The number of carbonyl (C=O) groups excluding carboxylic acids is 2. The number of benzene rings is 1. The summed E-state index contributed by atoms with van der Waals surface area (Å²) in [6.45, 7) is 2.02. The third kappa shape index (κ3) is 2.95. The molecule has 0 fully saturated rings. The van der Waals surface area contributed by atoms with Crippen molar-refractivity contribution in [1.29, 1.82) is 0 Å². The van der Waals surface area contributed by atoms with Crippen LogP contribution in [0.25, 0.3) is 10.9 Å². The van der Waals surface area contributed by atoms with Crippen LogP contribution in [0.3, 0.4) is 0 Å². The van der Waals surface area contributed by atoms with Gasteiger partial charge in [-0.25, -0.2) is 9.78 Å². The van der Waals surface area contributed by atoms with Crippen LogP contribution in [0.2, 0.25) is 0 Å². The summed E-state index contributed by atoms with van der Waals surface area (Å²) in [5, 5.41) is 5.53. The van der Waals surface area contributed by atoms with Gasteiger partial charge in [0.2, 0.25) is 0 Å². The first-order valence-electron chi connectivity index (χ1n) is 7.08. The smallest absolute Gasteiger partial charge is 0.357 e. The number of aryl methyl sites for hydroxylation is 1. The Bertz CT molecular complexity index is 882. The number of anilines is 1. The zero-order chi connectivity index (χ0) is 16.4. The molecule has 3 aromatic rings. The standard InChI is InChI=1S/C16H15N3O3S/c1-3-22-15(21)12-9-23-16(17-12)18-14(20)11-8-19(2)13-7-5-4-6-10(11)13/h4-9H,3H2,1-2H3,(H,17,18,20). The molecular weight excluding hydrogens is 314 g/mol. The van der Waals surface area contributed by atoms with Crippen LogP contribution in [0, 0.1) is 0 Å². The van der Waals surface area contributed by atoms with Gasteiger partial charge in [0, 0.05) is 29.5 Å².